The van der Waals surface area contributed by atoms with E-state index in [1.165, 1.54) is 6.42 Å². The maximum atomic E-state index is 12.7. The van der Waals surface area contributed by atoms with Gasteiger partial charge in [0.15, 0.2) is 0 Å². The number of carbonyl (C=O) groups is 2. The Morgan fingerprint density at radius 2 is 1.87 bits per heavy atom. The van der Waals surface area contributed by atoms with Crippen LogP contribution in [0.2, 0.25) is 0 Å². The fraction of sp³-hybridized carbons (Fsp3) is 0.579. The van der Waals surface area contributed by atoms with Crippen LogP contribution in [0.5, 0.6) is 0 Å². The molecule has 1 aliphatic carbocycles. The average molecular weight is 316 g/mol. The third-order valence-electron chi connectivity index (χ3n) is 4.96. The van der Waals surface area contributed by atoms with Crippen LogP contribution in [0.3, 0.4) is 0 Å². The number of benzene rings is 1. The summed E-state index contributed by atoms with van der Waals surface area (Å²) in [6.45, 7) is 6.65. The molecule has 0 radical (unpaired) electrons. The summed E-state index contributed by atoms with van der Waals surface area (Å²) in [5.41, 5.74) is 6.83. The SMILES string of the molecule is CC1CCC(C(C)C)C(C(=O)Nc2ccc(CC(N)=O)cc2)C1. The molecule has 4 heteroatoms. The first-order valence-corrected chi connectivity index (χ1v) is 8.55. The van der Waals surface area contributed by atoms with Crippen LogP contribution in [0.1, 0.15) is 45.6 Å². The van der Waals surface area contributed by atoms with Gasteiger partial charge in [-0.2, -0.15) is 0 Å². The standard InChI is InChI=1S/C19H28N2O2/c1-12(2)16-9-4-13(3)10-17(16)19(23)21-15-7-5-14(6-8-15)11-18(20)22/h5-8,12-13,16-17H,4,9-11H2,1-3H3,(H2,20,22)(H,21,23). The van der Waals surface area contributed by atoms with E-state index in [2.05, 4.69) is 26.1 Å². The van der Waals surface area contributed by atoms with Gasteiger partial charge in [-0.05, 0) is 48.3 Å². The van der Waals surface area contributed by atoms with E-state index in [-0.39, 0.29) is 24.2 Å². The Labute approximate surface area is 138 Å². The van der Waals surface area contributed by atoms with Crippen molar-refractivity contribution >= 4 is 17.5 Å². The molecule has 1 aromatic carbocycles. The summed E-state index contributed by atoms with van der Waals surface area (Å²) in [4.78, 5) is 23.6. The average Bonchev–Trinajstić information content (AvgIpc) is 2.48. The summed E-state index contributed by atoms with van der Waals surface area (Å²) in [5.74, 6) is 1.45. The van der Waals surface area contributed by atoms with Crippen LogP contribution in [0.4, 0.5) is 5.69 Å². The maximum Gasteiger partial charge on any atom is 0.227 e. The van der Waals surface area contributed by atoms with Crippen molar-refractivity contribution in [2.45, 2.75) is 46.5 Å². The maximum absolute atomic E-state index is 12.7. The van der Waals surface area contributed by atoms with Crippen LogP contribution in [-0.4, -0.2) is 11.8 Å². The third kappa shape index (κ3) is 4.81. The van der Waals surface area contributed by atoms with E-state index in [1.54, 1.807) is 0 Å². The fourth-order valence-corrected chi connectivity index (χ4v) is 3.65. The number of primary amides is 1. The molecule has 3 unspecified atom stereocenters. The Bertz CT molecular complexity index is 551. The zero-order valence-electron chi connectivity index (χ0n) is 14.3. The van der Waals surface area contributed by atoms with Gasteiger partial charge in [0.2, 0.25) is 11.8 Å². The van der Waals surface area contributed by atoms with Gasteiger partial charge < -0.3 is 11.1 Å². The number of hydrogen-bond acceptors (Lipinski definition) is 2. The third-order valence-corrected chi connectivity index (χ3v) is 4.96. The van der Waals surface area contributed by atoms with E-state index >= 15 is 0 Å². The summed E-state index contributed by atoms with van der Waals surface area (Å²) in [5, 5.41) is 3.04. The topological polar surface area (TPSA) is 72.2 Å². The molecule has 23 heavy (non-hydrogen) atoms. The van der Waals surface area contributed by atoms with Gasteiger partial charge in [0, 0.05) is 11.6 Å². The molecule has 1 aromatic rings. The molecular formula is C19H28N2O2. The molecule has 0 aliphatic heterocycles. The van der Waals surface area contributed by atoms with Crippen molar-refractivity contribution < 1.29 is 9.59 Å². The van der Waals surface area contributed by atoms with Crippen LogP contribution < -0.4 is 11.1 Å². The van der Waals surface area contributed by atoms with E-state index in [0.29, 0.717) is 17.8 Å². The molecular weight excluding hydrogens is 288 g/mol. The van der Waals surface area contributed by atoms with E-state index in [4.69, 9.17) is 5.73 Å². The van der Waals surface area contributed by atoms with Gasteiger partial charge >= 0.3 is 0 Å². The van der Waals surface area contributed by atoms with Crippen molar-refractivity contribution in [2.24, 2.45) is 29.4 Å². The van der Waals surface area contributed by atoms with Gasteiger partial charge in [0.25, 0.3) is 0 Å². The van der Waals surface area contributed by atoms with Crippen LogP contribution in [0.15, 0.2) is 24.3 Å². The summed E-state index contributed by atoms with van der Waals surface area (Å²) < 4.78 is 0. The molecule has 2 rings (SSSR count). The van der Waals surface area contributed by atoms with Gasteiger partial charge in [-0.15, -0.1) is 0 Å². The van der Waals surface area contributed by atoms with E-state index in [9.17, 15) is 9.59 Å². The van der Waals surface area contributed by atoms with Gasteiger partial charge in [0.05, 0.1) is 6.42 Å². The highest BCUT2D eigenvalue weighted by Crippen LogP contribution is 2.38. The number of anilines is 1. The highest BCUT2D eigenvalue weighted by atomic mass is 16.2. The van der Waals surface area contributed by atoms with Crippen molar-refractivity contribution in [3.05, 3.63) is 29.8 Å². The molecule has 0 saturated heterocycles. The molecule has 0 heterocycles. The second-order valence-corrected chi connectivity index (χ2v) is 7.26. The Kier molecular flexibility index (Phi) is 5.80. The second kappa shape index (κ2) is 7.62. The molecule has 0 bridgehead atoms. The largest absolute Gasteiger partial charge is 0.369 e. The molecule has 4 nitrogen and oxygen atoms in total. The highest BCUT2D eigenvalue weighted by Gasteiger charge is 2.35. The van der Waals surface area contributed by atoms with Gasteiger partial charge in [-0.25, -0.2) is 0 Å². The summed E-state index contributed by atoms with van der Waals surface area (Å²) >= 11 is 0. The molecule has 3 atom stereocenters. The molecule has 3 N–H and O–H groups in total. The monoisotopic (exact) mass is 316 g/mol. The summed E-state index contributed by atoms with van der Waals surface area (Å²) in [7, 11) is 0. The van der Waals surface area contributed by atoms with E-state index in [1.807, 2.05) is 24.3 Å². The van der Waals surface area contributed by atoms with Crippen LogP contribution in [0.25, 0.3) is 0 Å². The quantitative estimate of drug-likeness (QED) is 0.874. The van der Waals surface area contributed by atoms with Crippen molar-refractivity contribution in [1.82, 2.24) is 0 Å². The number of carbonyl (C=O) groups excluding carboxylic acids is 2. The second-order valence-electron chi connectivity index (χ2n) is 7.26. The first kappa shape index (κ1) is 17.5. The minimum absolute atomic E-state index is 0.0871. The smallest absolute Gasteiger partial charge is 0.227 e. The molecule has 1 fully saturated rings. The predicted octanol–water partition coefficient (Wildman–Crippen LogP) is 3.36. The van der Waals surface area contributed by atoms with Crippen molar-refractivity contribution in [2.75, 3.05) is 5.32 Å². The van der Waals surface area contributed by atoms with Gasteiger partial charge in [0.1, 0.15) is 0 Å². The predicted molar refractivity (Wildman–Crippen MR) is 92.8 cm³/mol. The van der Waals surface area contributed by atoms with Crippen LogP contribution >= 0.6 is 0 Å². The first-order valence-electron chi connectivity index (χ1n) is 8.55. The van der Waals surface area contributed by atoms with Crippen molar-refractivity contribution in [3.8, 4) is 0 Å². The molecule has 2 amide bonds. The minimum Gasteiger partial charge on any atom is -0.369 e. The molecule has 0 aromatic heterocycles. The number of nitrogens with one attached hydrogen (secondary N) is 1. The first-order chi connectivity index (χ1) is 10.9. The molecule has 0 spiro atoms. The number of hydrogen-bond donors (Lipinski definition) is 2. The molecule has 1 aliphatic rings. The number of amides is 2. The normalized spacial score (nSPS) is 24.4. The van der Waals surface area contributed by atoms with E-state index < -0.39 is 0 Å². The Morgan fingerprint density at radius 3 is 2.43 bits per heavy atom. The van der Waals surface area contributed by atoms with Crippen molar-refractivity contribution in [1.29, 1.82) is 0 Å². The lowest BCUT2D eigenvalue weighted by molar-refractivity contribution is -0.124. The number of nitrogens with two attached hydrogens (primary N) is 1. The fourth-order valence-electron chi connectivity index (χ4n) is 3.65. The lowest BCUT2D eigenvalue weighted by Gasteiger charge is -2.36. The summed E-state index contributed by atoms with van der Waals surface area (Å²) in [6, 6.07) is 7.35. The Balaban J connectivity index is 2.03. The van der Waals surface area contributed by atoms with Crippen LogP contribution in [-0.2, 0) is 16.0 Å². The lowest BCUT2D eigenvalue weighted by Crippen LogP contribution is -2.36. The molecule has 1 saturated carbocycles. The van der Waals surface area contributed by atoms with Gasteiger partial charge in [-0.1, -0.05) is 39.3 Å². The number of rotatable bonds is 5. The molecule has 126 valence electrons. The Morgan fingerprint density at radius 1 is 1.22 bits per heavy atom. The zero-order valence-corrected chi connectivity index (χ0v) is 14.3. The van der Waals surface area contributed by atoms with E-state index in [0.717, 1.165) is 24.1 Å². The minimum atomic E-state index is -0.349. The highest BCUT2D eigenvalue weighted by molar-refractivity contribution is 5.92. The zero-order chi connectivity index (χ0) is 17.0. The van der Waals surface area contributed by atoms with Crippen LogP contribution in [0, 0.1) is 23.7 Å². The van der Waals surface area contributed by atoms with Crippen molar-refractivity contribution in [3.63, 3.8) is 0 Å². The lowest BCUT2D eigenvalue weighted by atomic mass is 9.70. The Hall–Kier alpha value is -1.84. The summed E-state index contributed by atoms with van der Waals surface area (Å²) in [6.07, 6.45) is 3.54. The van der Waals surface area contributed by atoms with Gasteiger partial charge in [-0.3, -0.25) is 9.59 Å².